The molecule has 0 aromatic rings. The topological polar surface area (TPSA) is 45.4 Å². The molecule has 0 N–H and O–H groups in total. The average molecular weight is 138 g/mol. The molecule has 3 heteroatoms. The predicted molar refractivity (Wildman–Crippen MR) is 37.4 cm³/mol. The van der Waals surface area contributed by atoms with Crippen LogP contribution in [0.5, 0.6) is 0 Å². The Labute approximate surface area is 60.3 Å². The fraction of sp³-hybridized carbons (Fsp3) is 0.714. The Morgan fingerprint density at radius 2 is 2.50 bits per heavy atom. The van der Waals surface area contributed by atoms with Gasteiger partial charge in [0.15, 0.2) is 0 Å². The summed E-state index contributed by atoms with van der Waals surface area (Å²) in [5.74, 6) is 0.401. The molecule has 0 saturated carbocycles. The third-order valence-corrected chi connectivity index (χ3v) is 1.50. The van der Waals surface area contributed by atoms with Crippen LogP contribution < -0.4 is 0 Å². The quantitative estimate of drug-likeness (QED) is 0.548. The van der Waals surface area contributed by atoms with Crippen molar-refractivity contribution in [1.29, 1.82) is 5.26 Å². The zero-order chi connectivity index (χ0) is 7.56. The van der Waals surface area contributed by atoms with E-state index in [1.807, 2.05) is 19.9 Å². The van der Waals surface area contributed by atoms with E-state index in [9.17, 15) is 0 Å². The van der Waals surface area contributed by atoms with E-state index in [0.717, 1.165) is 5.71 Å². The van der Waals surface area contributed by atoms with Crippen molar-refractivity contribution in [3.05, 3.63) is 0 Å². The highest BCUT2D eigenvalue weighted by Gasteiger charge is 2.21. The van der Waals surface area contributed by atoms with Gasteiger partial charge < -0.3 is 4.84 Å². The van der Waals surface area contributed by atoms with Crippen LogP contribution >= 0.6 is 0 Å². The molecule has 0 aromatic carbocycles. The third kappa shape index (κ3) is 1.27. The van der Waals surface area contributed by atoms with E-state index >= 15 is 0 Å². The number of hydrogen-bond donors (Lipinski definition) is 0. The molecule has 54 valence electrons. The molecule has 1 heterocycles. The lowest BCUT2D eigenvalue weighted by Gasteiger charge is -1.98. The Morgan fingerprint density at radius 1 is 1.80 bits per heavy atom. The summed E-state index contributed by atoms with van der Waals surface area (Å²) in [5.41, 5.74) is 0.992. The number of oxime groups is 1. The highest BCUT2D eigenvalue weighted by Crippen LogP contribution is 2.14. The number of hydrogen-bond acceptors (Lipinski definition) is 3. The van der Waals surface area contributed by atoms with Gasteiger partial charge in [0.05, 0.1) is 5.71 Å². The van der Waals surface area contributed by atoms with E-state index in [-0.39, 0.29) is 6.10 Å². The molecular weight excluding hydrogens is 128 g/mol. The largest absolute Gasteiger partial charge is 0.377 e. The second-order valence-electron chi connectivity index (χ2n) is 2.66. The van der Waals surface area contributed by atoms with E-state index in [4.69, 9.17) is 10.1 Å². The van der Waals surface area contributed by atoms with Gasteiger partial charge in [0.2, 0.25) is 6.10 Å². The lowest BCUT2D eigenvalue weighted by atomic mass is 10.0. The van der Waals surface area contributed by atoms with Gasteiger partial charge in [-0.2, -0.15) is 5.26 Å². The Hall–Kier alpha value is -1.04. The van der Waals surface area contributed by atoms with Gasteiger partial charge in [-0.05, 0) is 5.92 Å². The number of nitriles is 1. The summed E-state index contributed by atoms with van der Waals surface area (Å²) in [6.45, 7) is 4.09. The Bertz CT molecular complexity index is 190. The van der Waals surface area contributed by atoms with E-state index in [0.29, 0.717) is 12.3 Å². The first-order valence-electron chi connectivity index (χ1n) is 3.36. The minimum Gasteiger partial charge on any atom is -0.377 e. The molecule has 0 aromatic heterocycles. The molecule has 0 fully saturated rings. The molecule has 0 unspecified atom stereocenters. The fourth-order valence-corrected chi connectivity index (χ4v) is 0.806. The molecule has 0 radical (unpaired) electrons. The van der Waals surface area contributed by atoms with Gasteiger partial charge in [-0.1, -0.05) is 19.0 Å². The van der Waals surface area contributed by atoms with Crippen molar-refractivity contribution in [2.24, 2.45) is 11.1 Å². The summed E-state index contributed by atoms with van der Waals surface area (Å²) >= 11 is 0. The summed E-state index contributed by atoms with van der Waals surface area (Å²) in [6, 6.07) is 2.01. The van der Waals surface area contributed by atoms with Gasteiger partial charge in [0, 0.05) is 6.42 Å². The summed E-state index contributed by atoms with van der Waals surface area (Å²) < 4.78 is 0. The van der Waals surface area contributed by atoms with Crippen molar-refractivity contribution in [2.45, 2.75) is 26.4 Å². The van der Waals surface area contributed by atoms with Crippen LogP contribution in [-0.4, -0.2) is 11.8 Å². The zero-order valence-electron chi connectivity index (χ0n) is 6.16. The third-order valence-electron chi connectivity index (χ3n) is 1.50. The van der Waals surface area contributed by atoms with E-state index < -0.39 is 0 Å². The molecule has 0 spiro atoms. The lowest BCUT2D eigenvalue weighted by Crippen LogP contribution is -2.08. The molecule has 1 aliphatic heterocycles. The molecule has 10 heavy (non-hydrogen) atoms. The maximum absolute atomic E-state index is 8.42. The highest BCUT2D eigenvalue weighted by molar-refractivity contribution is 5.87. The Morgan fingerprint density at radius 3 is 2.80 bits per heavy atom. The first kappa shape index (κ1) is 7.07. The van der Waals surface area contributed by atoms with Crippen molar-refractivity contribution in [3.8, 4) is 6.07 Å². The van der Waals surface area contributed by atoms with Gasteiger partial charge in [0.25, 0.3) is 0 Å². The standard InChI is InChI=1S/C7H10N2O/c1-5(2)7-3-6(4-8)10-9-7/h5-6H,3H2,1-2H3/t6-/m1/s1. The fourth-order valence-electron chi connectivity index (χ4n) is 0.806. The molecule has 0 bridgehead atoms. The van der Waals surface area contributed by atoms with Gasteiger partial charge in [-0.15, -0.1) is 0 Å². The molecule has 1 aliphatic rings. The first-order chi connectivity index (χ1) is 4.74. The van der Waals surface area contributed by atoms with Crippen molar-refractivity contribution in [3.63, 3.8) is 0 Å². The maximum Gasteiger partial charge on any atom is 0.217 e. The lowest BCUT2D eigenvalue weighted by molar-refractivity contribution is 0.125. The van der Waals surface area contributed by atoms with E-state index in [1.54, 1.807) is 0 Å². The van der Waals surface area contributed by atoms with Crippen LogP contribution in [0.2, 0.25) is 0 Å². The summed E-state index contributed by atoms with van der Waals surface area (Å²) in [6.07, 6.45) is 0.339. The zero-order valence-corrected chi connectivity index (χ0v) is 6.16. The van der Waals surface area contributed by atoms with Gasteiger partial charge >= 0.3 is 0 Å². The Balaban J connectivity index is 2.49. The van der Waals surface area contributed by atoms with E-state index in [1.165, 1.54) is 0 Å². The van der Waals surface area contributed by atoms with Crippen LogP contribution in [0.25, 0.3) is 0 Å². The SMILES string of the molecule is CC(C)C1=NO[C@@H](C#N)C1. The van der Waals surface area contributed by atoms with Crippen LogP contribution in [-0.2, 0) is 4.84 Å². The molecule has 1 atom stereocenters. The van der Waals surface area contributed by atoms with Crippen molar-refractivity contribution in [2.75, 3.05) is 0 Å². The average Bonchev–Trinajstić information content (AvgIpc) is 2.34. The number of nitrogens with zero attached hydrogens (tertiary/aromatic N) is 2. The molecule has 0 saturated heterocycles. The van der Waals surface area contributed by atoms with Gasteiger partial charge in [0.1, 0.15) is 6.07 Å². The maximum atomic E-state index is 8.42. The van der Waals surface area contributed by atoms with Crippen molar-refractivity contribution >= 4 is 5.71 Å². The van der Waals surface area contributed by atoms with Crippen LogP contribution in [0.4, 0.5) is 0 Å². The monoisotopic (exact) mass is 138 g/mol. The van der Waals surface area contributed by atoms with Crippen LogP contribution in [0, 0.1) is 17.2 Å². The van der Waals surface area contributed by atoms with Gasteiger partial charge in [-0.25, -0.2) is 0 Å². The van der Waals surface area contributed by atoms with Crippen molar-refractivity contribution in [1.82, 2.24) is 0 Å². The van der Waals surface area contributed by atoms with Crippen molar-refractivity contribution < 1.29 is 4.84 Å². The van der Waals surface area contributed by atoms with Crippen LogP contribution in [0.15, 0.2) is 5.16 Å². The number of rotatable bonds is 1. The second kappa shape index (κ2) is 2.70. The minimum absolute atomic E-state index is 0.336. The predicted octanol–water partition coefficient (Wildman–Crippen LogP) is 1.31. The summed E-state index contributed by atoms with van der Waals surface area (Å²) in [7, 11) is 0. The van der Waals surface area contributed by atoms with Crippen LogP contribution in [0.1, 0.15) is 20.3 Å². The van der Waals surface area contributed by atoms with E-state index in [2.05, 4.69) is 5.16 Å². The molecule has 1 rings (SSSR count). The normalized spacial score (nSPS) is 23.8. The second-order valence-corrected chi connectivity index (χ2v) is 2.66. The summed E-state index contributed by atoms with van der Waals surface area (Å²) in [4.78, 5) is 4.80. The van der Waals surface area contributed by atoms with Crippen LogP contribution in [0.3, 0.4) is 0 Å². The van der Waals surface area contributed by atoms with Gasteiger partial charge in [-0.3, -0.25) is 0 Å². The first-order valence-corrected chi connectivity index (χ1v) is 3.36. The smallest absolute Gasteiger partial charge is 0.217 e. The molecule has 0 aliphatic carbocycles. The Kier molecular flexibility index (Phi) is 1.91. The minimum atomic E-state index is -0.336. The molecule has 0 amide bonds. The molecular formula is C7H10N2O. The molecule has 3 nitrogen and oxygen atoms in total. The highest BCUT2D eigenvalue weighted by atomic mass is 16.6. The summed E-state index contributed by atoms with van der Waals surface area (Å²) in [5, 5.41) is 12.2.